The van der Waals surface area contributed by atoms with Gasteiger partial charge in [0.15, 0.2) is 0 Å². The molecule has 2 N–H and O–H groups in total. The molecule has 0 aliphatic rings. The van der Waals surface area contributed by atoms with E-state index in [4.69, 9.17) is 5.73 Å². The van der Waals surface area contributed by atoms with E-state index >= 15 is 0 Å². The maximum absolute atomic E-state index is 5.61. The molecule has 0 amide bonds. The molecule has 1 heterocycles. The van der Waals surface area contributed by atoms with Gasteiger partial charge in [0.1, 0.15) is 0 Å². The van der Waals surface area contributed by atoms with Gasteiger partial charge < -0.3 is 10.3 Å². The van der Waals surface area contributed by atoms with Crippen molar-refractivity contribution in [1.29, 1.82) is 0 Å². The quantitative estimate of drug-likeness (QED) is 0.857. The maximum atomic E-state index is 5.61. The lowest BCUT2D eigenvalue weighted by molar-refractivity contribution is 0.619. The molecule has 2 rings (SSSR count). The van der Waals surface area contributed by atoms with Gasteiger partial charge in [0.25, 0.3) is 0 Å². The molecule has 0 saturated heterocycles. The number of hydrogen-bond acceptors (Lipinski definition) is 1. The summed E-state index contributed by atoms with van der Waals surface area (Å²) < 4.78 is 2.39. The summed E-state index contributed by atoms with van der Waals surface area (Å²) in [4.78, 5) is 0. The lowest BCUT2D eigenvalue weighted by Crippen LogP contribution is -2.00. The number of para-hydroxylation sites is 1. The first kappa shape index (κ1) is 12.2. The van der Waals surface area contributed by atoms with Gasteiger partial charge in [-0.1, -0.05) is 18.2 Å². The summed E-state index contributed by atoms with van der Waals surface area (Å²) in [6, 6.07) is 7.07. The Hall–Kier alpha value is -1.28. The highest BCUT2D eigenvalue weighted by atomic mass is 15.0. The van der Waals surface area contributed by atoms with Crippen LogP contribution >= 0.6 is 0 Å². The molecule has 1 aromatic heterocycles. The van der Waals surface area contributed by atoms with Gasteiger partial charge in [-0.05, 0) is 51.3 Å². The summed E-state index contributed by atoms with van der Waals surface area (Å²) >= 11 is 0. The second-order valence-corrected chi connectivity index (χ2v) is 5.02. The Bertz CT molecular complexity index is 509. The summed E-state index contributed by atoms with van der Waals surface area (Å²) in [5.41, 5.74) is 9.78. The topological polar surface area (TPSA) is 30.9 Å². The average molecular weight is 230 g/mol. The third-order valence-electron chi connectivity index (χ3n) is 3.34. The molecule has 2 heteroatoms. The van der Waals surface area contributed by atoms with Crippen molar-refractivity contribution in [2.75, 3.05) is 6.54 Å². The van der Waals surface area contributed by atoms with Crippen LogP contribution in [0.1, 0.15) is 37.4 Å². The summed E-state index contributed by atoms with van der Waals surface area (Å²) in [5.74, 6) is 0. The molecular formula is C15H22N2. The van der Waals surface area contributed by atoms with Crippen LogP contribution in [0.2, 0.25) is 0 Å². The molecule has 0 bridgehead atoms. The van der Waals surface area contributed by atoms with Crippen LogP contribution in [0.15, 0.2) is 24.4 Å². The van der Waals surface area contributed by atoms with Crippen LogP contribution in [0.5, 0.6) is 0 Å². The fourth-order valence-electron chi connectivity index (χ4n) is 2.46. The number of hydrogen-bond donors (Lipinski definition) is 1. The van der Waals surface area contributed by atoms with E-state index < -0.39 is 0 Å². The normalized spacial score (nSPS) is 11.6. The summed E-state index contributed by atoms with van der Waals surface area (Å²) in [6.07, 6.45) is 4.44. The zero-order chi connectivity index (χ0) is 12.4. The van der Waals surface area contributed by atoms with Gasteiger partial charge in [-0.3, -0.25) is 0 Å². The Morgan fingerprint density at radius 3 is 2.71 bits per heavy atom. The molecule has 0 aliphatic heterocycles. The number of fused-ring (bicyclic) bond motifs is 1. The van der Waals surface area contributed by atoms with E-state index in [1.807, 2.05) is 0 Å². The van der Waals surface area contributed by atoms with Gasteiger partial charge >= 0.3 is 0 Å². The van der Waals surface area contributed by atoms with Crippen LogP contribution in [0.25, 0.3) is 10.9 Å². The second kappa shape index (κ2) is 4.92. The second-order valence-electron chi connectivity index (χ2n) is 5.02. The Balaban J connectivity index is 2.58. The first-order chi connectivity index (χ1) is 8.15. The summed E-state index contributed by atoms with van der Waals surface area (Å²) in [6.45, 7) is 7.42. The minimum Gasteiger partial charge on any atom is -0.344 e. The molecule has 17 heavy (non-hydrogen) atoms. The predicted molar refractivity (Wildman–Crippen MR) is 74.4 cm³/mol. The molecule has 0 fully saturated rings. The lowest BCUT2D eigenvalue weighted by atomic mass is 10.1. The third kappa shape index (κ3) is 2.22. The molecule has 2 nitrogen and oxygen atoms in total. The highest BCUT2D eigenvalue weighted by Gasteiger charge is 2.11. The SMILES string of the molecule is Cc1cccc2c(CCCN)cn(C(C)C)c12. The number of nitrogens with zero attached hydrogens (tertiary/aromatic N) is 1. The fourth-order valence-corrected chi connectivity index (χ4v) is 2.46. The molecule has 2 aromatic rings. The highest BCUT2D eigenvalue weighted by molar-refractivity contribution is 5.86. The summed E-state index contributed by atoms with van der Waals surface area (Å²) in [7, 11) is 0. The Morgan fingerprint density at radius 1 is 1.29 bits per heavy atom. The van der Waals surface area contributed by atoms with Crippen LogP contribution in [0, 0.1) is 6.92 Å². The number of aromatic nitrogens is 1. The van der Waals surface area contributed by atoms with Gasteiger partial charge in [0.2, 0.25) is 0 Å². The van der Waals surface area contributed by atoms with Gasteiger partial charge in [0, 0.05) is 17.6 Å². The molecule has 1 aromatic carbocycles. The number of rotatable bonds is 4. The molecule has 0 spiro atoms. The van der Waals surface area contributed by atoms with E-state index in [0.717, 1.165) is 19.4 Å². The zero-order valence-electron chi connectivity index (χ0n) is 11.0. The maximum Gasteiger partial charge on any atom is 0.0515 e. The largest absolute Gasteiger partial charge is 0.344 e. The highest BCUT2D eigenvalue weighted by Crippen LogP contribution is 2.28. The van der Waals surface area contributed by atoms with Gasteiger partial charge in [-0.25, -0.2) is 0 Å². The van der Waals surface area contributed by atoms with E-state index in [1.165, 1.54) is 22.0 Å². The Labute approximate surface area is 103 Å². The number of nitrogens with two attached hydrogens (primary N) is 1. The first-order valence-corrected chi connectivity index (χ1v) is 6.44. The van der Waals surface area contributed by atoms with Crippen molar-refractivity contribution in [3.8, 4) is 0 Å². The van der Waals surface area contributed by atoms with E-state index in [2.05, 4.69) is 49.7 Å². The van der Waals surface area contributed by atoms with Gasteiger partial charge in [-0.15, -0.1) is 0 Å². The smallest absolute Gasteiger partial charge is 0.0515 e. The average Bonchev–Trinajstić information content (AvgIpc) is 2.67. The molecule has 92 valence electrons. The predicted octanol–water partition coefficient (Wildman–Crippen LogP) is 3.42. The summed E-state index contributed by atoms with van der Waals surface area (Å²) in [5, 5.41) is 1.40. The van der Waals surface area contributed by atoms with Gasteiger partial charge in [0.05, 0.1) is 5.52 Å². The molecule has 0 saturated carbocycles. The molecule has 0 radical (unpaired) electrons. The Morgan fingerprint density at radius 2 is 2.06 bits per heavy atom. The van der Waals surface area contributed by atoms with E-state index in [1.54, 1.807) is 0 Å². The van der Waals surface area contributed by atoms with Crippen LogP contribution in [0.4, 0.5) is 0 Å². The fraction of sp³-hybridized carbons (Fsp3) is 0.467. The van der Waals surface area contributed by atoms with E-state index in [9.17, 15) is 0 Å². The van der Waals surface area contributed by atoms with E-state index in [-0.39, 0.29) is 0 Å². The number of aryl methyl sites for hydroxylation is 2. The van der Waals surface area contributed by atoms with Crippen LogP contribution in [0.3, 0.4) is 0 Å². The first-order valence-electron chi connectivity index (χ1n) is 6.44. The van der Waals surface area contributed by atoms with Crippen molar-refractivity contribution in [2.45, 2.75) is 39.7 Å². The molecule has 0 aliphatic carbocycles. The standard InChI is InChI=1S/C15H22N2/c1-11(2)17-10-13(7-5-9-16)14-8-4-6-12(3)15(14)17/h4,6,8,10-11H,5,7,9,16H2,1-3H3. The number of benzene rings is 1. The molecule has 0 atom stereocenters. The van der Waals surface area contributed by atoms with Crippen molar-refractivity contribution in [1.82, 2.24) is 4.57 Å². The molecule has 0 unspecified atom stereocenters. The van der Waals surface area contributed by atoms with Crippen LogP contribution in [-0.2, 0) is 6.42 Å². The van der Waals surface area contributed by atoms with E-state index in [0.29, 0.717) is 6.04 Å². The Kier molecular flexibility index (Phi) is 3.53. The lowest BCUT2D eigenvalue weighted by Gasteiger charge is -2.10. The van der Waals surface area contributed by atoms with Crippen molar-refractivity contribution in [3.63, 3.8) is 0 Å². The minimum absolute atomic E-state index is 0.505. The van der Waals surface area contributed by atoms with Crippen molar-refractivity contribution < 1.29 is 0 Å². The van der Waals surface area contributed by atoms with Crippen molar-refractivity contribution >= 4 is 10.9 Å². The van der Waals surface area contributed by atoms with Crippen molar-refractivity contribution in [2.24, 2.45) is 5.73 Å². The minimum atomic E-state index is 0.505. The van der Waals surface area contributed by atoms with Crippen LogP contribution in [-0.4, -0.2) is 11.1 Å². The van der Waals surface area contributed by atoms with Gasteiger partial charge in [-0.2, -0.15) is 0 Å². The zero-order valence-corrected chi connectivity index (χ0v) is 11.0. The molecular weight excluding hydrogens is 208 g/mol. The van der Waals surface area contributed by atoms with Crippen LogP contribution < -0.4 is 5.73 Å². The monoisotopic (exact) mass is 230 g/mol. The van der Waals surface area contributed by atoms with Crippen molar-refractivity contribution in [3.05, 3.63) is 35.5 Å². The third-order valence-corrected chi connectivity index (χ3v) is 3.34.